The molecule has 0 spiro atoms. The van der Waals surface area contributed by atoms with Gasteiger partial charge in [-0.25, -0.2) is 4.79 Å². The van der Waals surface area contributed by atoms with Gasteiger partial charge in [0.1, 0.15) is 6.54 Å². The maximum absolute atomic E-state index is 12.1. The van der Waals surface area contributed by atoms with Crippen molar-refractivity contribution in [1.82, 2.24) is 14.9 Å². The Morgan fingerprint density at radius 2 is 2.17 bits per heavy atom. The first-order valence-electron chi connectivity index (χ1n) is 7.61. The molecule has 2 N–H and O–H groups in total. The molecule has 0 bridgehead atoms. The molecule has 1 unspecified atom stereocenters. The molecule has 1 aromatic carbocycles. The highest BCUT2D eigenvalue weighted by Gasteiger charge is 2.24. The zero-order chi connectivity index (χ0) is 17.1. The van der Waals surface area contributed by atoms with E-state index in [1.807, 2.05) is 24.3 Å². The minimum atomic E-state index is -0.593. The second-order valence-electron chi connectivity index (χ2n) is 5.72. The molecule has 8 heteroatoms. The monoisotopic (exact) mass is 348 g/mol. The van der Waals surface area contributed by atoms with Gasteiger partial charge in [-0.2, -0.15) is 0 Å². The van der Waals surface area contributed by atoms with Crippen LogP contribution in [0.1, 0.15) is 6.42 Å². The Bertz CT molecular complexity index is 861. The van der Waals surface area contributed by atoms with Crippen LogP contribution in [0.5, 0.6) is 0 Å². The minimum Gasteiger partial charge on any atom is -0.369 e. The lowest BCUT2D eigenvalue weighted by Crippen LogP contribution is -2.41. The summed E-state index contributed by atoms with van der Waals surface area (Å²) < 4.78 is 1.17. The fraction of sp³-hybridized carbons (Fsp3) is 0.312. The van der Waals surface area contributed by atoms with Crippen LogP contribution in [0.4, 0.5) is 5.69 Å². The first-order valence-corrected chi connectivity index (χ1v) is 7.99. The zero-order valence-electron chi connectivity index (χ0n) is 12.9. The van der Waals surface area contributed by atoms with E-state index in [0.29, 0.717) is 11.6 Å². The van der Waals surface area contributed by atoms with Crippen molar-refractivity contribution in [2.45, 2.75) is 19.0 Å². The van der Waals surface area contributed by atoms with Crippen molar-refractivity contribution < 1.29 is 4.79 Å². The van der Waals surface area contributed by atoms with E-state index >= 15 is 0 Å². The van der Waals surface area contributed by atoms with Crippen molar-refractivity contribution in [2.75, 3.05) is 18.0 Å². The highest BCUT2D eigenvalue weighted by molar-refractivity contribution is 6.30. The van der Waals surface area contributed by atoms with Crippen molar-refractivity contribution in [1.29, 1.82) is 0 Å². The molecule has 7 nitrogen and oxygen atoms in total. The lowest BCUT2D eigenvalue weighted by molar-refractivity contribution is -0.122. The Hall–Kier alpha value is -2.54. The number of hydrogen-bond acceptors (Lipinski definition) is 4. The summed E-state index contributed by atoms with van der Waals surface area (Å²) in [6, 6.07) is 8.82. The number of nitrogens with one attached hydrogen (secondary N) is 2. The van der Waals surface area contributed by atoms with Gasteiger partial charge in [-0.15, -0.1) is 0 Å². The normalized spacial score (nSPS) is 17.0. The van der Waals surface area contributed by atoms with Gasteiger partial charge in [-0.1, -0.05) is 17.7 Å². The maximum Gasteiger partial charge on any atom is 0.328 e. The van der Waals surface area contributed by atoms with Crippen molar-refractivity contribution in [3.05, 3.63) is 62.4 Å². The van der Waals surface area contributed by atoms with E-state index in [0.717, 1.165) is 18.7 Å². The molecule has 1 aromatic heterocycles. The predicted octanol–water partition coefficient (Wildman–Crippen LogP) is 0.585. The van der Waals surface area contributed by atoms with E-state index in [1.54, 1.807) is 0 Å². The number of carbonyl (C=O) groups excluding carboxylic acids is 1. The topological polar surface area (TPSA) is 87.2 Å². The molecule has 1 saturated heterocycles. The number of hydrogen-bond donors (Lipinski definition) is 2. The van der Waals surface area contributed by atoms with Gasteiger partial charge < -0.3 is 10.2 Å². The van der Waals surface area contributed by atoms with Crippen LogP contribution < -0.4 is 21.5 Å². The van der Waals surface area contributed by atoms with Crippen molar-refractivity contribution in [3.8, 4) is 0 Å². The Labute approximate surface area is 142 Å². The summed E-state index contributed by atoms with van der Waals surface area (Å²) in [5.74, 6) is -0.262. The summed E-state index contributed by atoms with van der Waals surface area (Å²) in [6.45, 7) is 1.39. The van der Waals surface area contributed by atoms with Crippen LogP contribution in [0.25, 0.3) is 0 Å². The largest absolute Gasteiger partial charge is 0.369 e. The number of benzene rings is 1. The summed E-state index contributed by atoms with van der Waals surface area (Å²) in [4.78, 5) is 39.0. The van der Waals surface area contributed by atoms with E-state index < -0.39 is 11.2 Å². The second kappa shape index (κ2) is 6.92. The van der Waals surface area contributed by atoms with Gasteiger partial charge in [0.25, 0.3) is 5.56 Å². The SMILES string of the molecule is O=C(Cn1ccc(=O)[nH]c1=O)NC1CCN(c2cccc(Cl)c2)C1. The van der Waals surface area contributed by atoms with E-state index in [1.165, 1.54) is 16.8 Å². The summed E-state index contributed by atoms with van der Waals surface area (Å²) in [7, 11) is 0. The van der Waals surface area contributed by atoms with Crippen molar-refractivity contribution in [2.24, 2.45) is 0 Å². The highest BCUT2D eigenvalue weighted by Crippen LogP contribution is 2.23. The number of nitrogens with zero attached hydrogens (tertiary/aromatic N) is 2. The summed E-state index contributed by atoms with van der Waals surface area (Å²) in [5, 5.41) is 3.60. The van der Waals surface area contributed by atoms with Crippen LogP contribution in [0.3, 0.4) is 0 Å². The summed E-state index contributed by atoms with van der Waals surface area (Å²) in [5.41, 5.74) is -0.0506. The third kappa shape index (κ3) is 3.86. The molecule has 24 heavy (non-hydrogen) atoms. The third-order valence-electron chi connectivity index (χ3n) is 3.94. The molecule has 0 aliphatic carbocycles. The van der Waals surface area contributed by atoms with E-state index in [2.05, 4.69) is 15.2 Å². The molecule has 1 aliphatic heterocycles. The van der Waals surface area contributed by atoms with Crippen LogP contribution in [0, 0.1) is 0 Å². The first-order chi connectivity index (χ1) is 11.5. The molecule has 2 heterocycles. The molecule has 1 aliphatic rings. The molecular formula is C16H17ClN4O3. The quantitative estimate of drug-likeness (QED) is 0.846. The Morgan fingerprint density at radius 3 is 2.92 bits per heavy atom. The molecule has 2 aromatic rings. The summed E-state index contributed by atoms with van der Waals surface area (Å²) in [6.07, 6.45) is 2.13. The van der Waals surface area contributed by atoms with Gasteiger partial charge in [0.15, 0.2) is 0 Å². The van der Waals surface area contributed by atoms with Gasteiger partial charge in [-0.05, 0) is 24.6 Å². The average Bonchev–Trinajstić information content (AvgIpc) is 2.98. The van der Waals surface area contributed by atoms with Gasteiger partial charge in [0.2, 0.25) is 5.91 Å². The number of halogens is 1. The fourth-order valence-electron chi connectivity index (χ4n) is 2.78. The zero-order valence-corrected chi connectivity index (χ0v) is 13.6. The number of aromatic nitrogens is 2. The highest BCUT2D eigenvalue weighted by atomic mass is 35.5. The number of H-pyrrole nitrogens is 1. The predicted molar refractivity (Wildman–Crippen MR) is 91.5 cm³/mol. The van der Waals surface area contributed by atoms with Crippen LogP contribution in [-0.2, 0) is 11.3 Å². The van der Waals surface area contributed by atoms with Gasteiger partial charge in [0.05, 0.1) is 0 Å². The number of aromatic amines is 1. The Kier molecular flexibility index (Phi) is 4.71. The van der Waals surface area contributed by atoms with Crippen LogP contribution >= 0.6 is 11.6 Å². The summed E-state index contributed by atoms with van der Waals surface area (Å²) >= 11 is 6.01. The molecule has 0 saturated carbocycles. The molecular weight excluding hydrogens is 332 g/mol. The number of carbonyl (C=O) groups is 1. The van der Waals surface area contributed by atoms with Gasteiger partial charge in [0, 0.05) is 42.1 Å². The van der Waals surface area contributed by atoms with E-state index in [-0.39, 0.29) is 18.5 Å². The smallest absolute Gasteiger partial charge is 0.328 e. The molecule has 126 valence electrons. The van der Waals surface area contributed by atoms with Crippen molar-refractivity contribution in [3.63, 3.8) is 0 Å². The Morgan fingerprint density at radius 1 is 1.33 bits per heavy atom. The molecule has 1 atom stereocenters. The molecule has 0 radical (unpaired) electrons. The molecule has 1 fully saturated rings. The number of anilines is 1. The van der Waals surface area contributed by atoms with Gasteiger partial charge in [-0.3, -0.25) is 19.1 Å². The van der Waals surface area contributed by atoms with Gasteiger partial charge >= 0.3 is 5.69 Å². The fourth-order valence-corrected chi connectivity index (χ4v) is 2.97. The second-order valence-corrected chi connectivity index (χ2v) is 6.15. The van der Waals surface area contributed by atoms with Crippen LogP contribution in [-0.4, -0.2) is 34.6 Å². The molecule has 3 rings (SSSR count). The number of rotatable bonds is 4. The maximum atomic E-state index is 12.1. The average molecular weight is 349 g/mol. The van der Waals surface area contributed by atoms with E-state index in [9.17, 15) is 14.4 Å². The van der Waals surface area contributed by atoms with E-state index in [4.69, 9.17) is 11.6 Å². The number of amides is 1. The minimum absolute atomic E-state index is 0.00921. The first kappa shape index (κ1) is 16.3. The standard InChI is InChI=1S/C16H17ClN4O3/c17-11-2-1-3-13(8-11)20-6-4-12(9-20)18-15(23)10-21-7-5-14(22)19-16(21)24/h1-3,5,7-8,12H,4,6,9-10H2,(H,18,23)(H,19,22,24). The van der Waals surface area contributed by atoms with Crippen LogP contribution in [0.2, 0.25) is 5.02 Å². The van der Waals surface area contributed by atoms with Crippen LogP contribution in [0.15, 0.2) is 46.1 Å². The van der Waals surface area contributed by atoms with Crippen molar-refractivity contribution >= 4 is 23.2 Å². The molecule has 1 amide bonds. The Balaban J connectivity index is 1.58. The lowest BCUT2D eigenvalue weighted by Gasteiger charge is -2.19. The third-order valence-corrected chi connectivity index (χ3v) is 4.17. The lowest BCUT2D eigenvalue weighted by atomic mass is 10.2.